The monoisotopic (exact) mass is 600 g/mol. The molecule has 0 unspecified atom stereocenters. The second kappa shape index (κ2) is 10.3. The van der Waals surface area contributed by atoms with Crippen molar-refractivity contribution in [1.29, 1.82) is 0 Å². The van der Waals surface area contributed by atoms with E-state index < -0.39 is 6.04 Å². The molecule has 3 atom stereocenters. The van der Waals surface area contributed by atoms with Crippen LogP contribution in [0.1, 0.15) is 53.8 Å². The van der Waals surface area contributed by atoms with Crippen LogP contribution in [-0.2, 0) is 22.6 Å². The Morgan fingerprint density at radius 3 is 2.55 bits per heavy atom. The number of rotatable bonds is 7. The van der Waals surface area contributed by atoms with E-state index in [1.807, 2.05) is 44.2 Å². The Morgan fingerprint density at radius 1 is 1.02 bits per heavy atom. The van der Waals surface area contributed by atoms with Crippen LogP contribution in [0.3, 0.4) is 0 Å². The third-order valence-corrected chi connectivity index (χ3v) is 8.64. The van der Waals surface area contributed by atoms with Crippen LogP contribution in [0.25, 0.3) is 22.0 Å². The second-order valence-electron chi connectivity index (χ2n) is 10.8. The molecule has 0 spiro atoms. The molecule has 1 aliphatic heterocycles. The number of halogens is 1. The van der Waals surface area contributed by atoms with E-state index >= 15 is 0 Å². The molecule has 1 aliphatic carbocycles. The molecule has 1 saturated heterocycles. The van der Waals surface area contributed by atoms with Gasteiger partial charge in [-0.3, -0.25) is 19.1 Å². The molecule has 3 aromatic heterocycles. The van der Waals surface area contributed by atoms with Gasteiger partial charge in [0, 0.05) is 36.3 Å². The summed E-state index contributed by atoms with van der Waals surface area (Å²) in [6, 6.07) is 9.07. The quantitative estimate of drug-likeness (QED) is 0.224. The van der Waals surface area contributed by atoms with Crippen molar-refractivity contribution in [3.05, 3.63) is 70.1 Å². The van der Waals surface area contributed by atoms with Crippen molar-refractivity contribution in [3.63, 3.8) is 0 Å². The van der Waals surface area contributed by atoms with Gasteiger partial charge in [-0.2, -0.15) is 5.10 Å². The first-order valence-corrected chi connectivity index (χ1v) is 14.3. The van der Waals surface area contributed by atoms with E-state index in [1.165, 1.54) is 6.92 Å². The highest BCUT2D eigenvalue weighted by Crippen LogP contribution is 2.43. The van der Waals surface area contributed by atoms with E-state index in [0.717, 1.165) is 41.6 Å². The molecule has 4 heterocycles. The van der Waals surface area contributed by atoms with Crippen molar-refractivity contribution in [3.8, 4) is 11.1 Å². The van der Waals surface area contributed by atoms with Crippen molar-refractivity contribution >= 4 is 44.3 Å². The molecule has 0 radical (unpaired) electrons. The van der Waals surface area contributed by atoms with Crippen LogP contribution in [-0.4, -0.2) is 59.2 Å². The fourth-order valence-corrected chi connectivity index (χ4v) is 6.59. The first-order valence-electron chi connectivity index (χ1n) is 13.5. The minimum atomic E-state index is -0.464. The van der Waals surface area contributed by atoms with Gasteiger partial charge in [-0.25, -0.2) is 15.0 Å². The number of nitrogens with zero attached hydrogens (tertiary/aromatic N) is 6. The minimum Gasteiger partial charge on any atom is -0.328 e. The number of carbonyl (C=O) groups is 3. The highest BCUT2D eigenvalue weighted by atomic mass is 79.9. The lowest BCUT2D eigenvalue weighted by atomic mass is 9.92. The molecule has 1 saturated carbocycles. The number of benzene rings is 1. The molecule has 2 aliphatic rings. The lowest BCUT2D eigenvalue weighted by Gasteiger charge is -2.34. The zero-order chi connectivity index (χ0) is 28.1. The van der Waals surface area contributed by atoms with Gasteiger partial charge in [0.25, 0.3) is 0 Å². The SMILES string of the molecule is CC(=O)c1nn(CC(=O)N2[C@H]3CC[C@H](C3)[C@H]2C(=O)Cc2nc(Br)ccc2C)c2ccc(-c3cnc(C)nc3)cc12. The Kier molecular flexibility index (Phi) is 6.82. The molecule has 0 N–H and O–H groups in total. The summed E-state index contributed by atoms with van der Waals surface area (Å²) in [7, 11) is 0. The standard InChI is InChI=1S/C30H29BrN6O3/c1-16-4-9-27(31)34-24(16)12-26(39)30-20-5-7-22(10-20)37(30)28(40)15-36-25-8-6-19(21-13-32-18(3)33-14-21)11-23(25)29(35-36)17(2)38/h4,6,8-9,11,13-14,20,22,30H,5,7,10,12,15H2,1-3H3/t20-,22+,30+/m1/s1. The fourth-order valence-electron chi connectivity index (χ4n) is 6.25. The van der Waals surface area contributed by atoms with Gasteiger partial charge in [0.1, 0.15) is 22.7 Å². The number of hydrogen-bond acceptors (Lipinski definition) is 7. The van der Waals surface area contributed by atoms with E-state index in [0.29, 0.717) is 27.0 Å². The molecule has 204 valence electrons. The van der Waals surface area contributed by atoms with Gasteiger partial charge in [-0.1, -0.05) is 12.1 Å². The number of likely N-dealkylation sites (tertiary alicyclic amines) is 1. The maximum atomic E-state index is 13.8. The molecule has 1 amide bonds. The van der Waals surface area contributed by atoms with Crippen molar-refractivity contribution < 1.29 is 14.4 Å². The number of Topliss-reactive ketones (excluding diaryl/α,β-unsaturated/α-hetero) is 2. The third kappa shape index (κ3) is 4.74. The average molecular weight is 602 g/mol. The minimum absolute atomic E-state index is 0.0222. The van der Waals surface area contributed by atoms with Gasteiger partial charge in [-0.15, -0.1) is 0 Å². The topological polar surface area (TPSA) is 111 Å². The lowest BCUT2D eigenvalue weighted by molar-refractivity contribution is -0.142. The van der Waals surface area contributed by atoms with Gasteiger partial charge in [0.2, 0.25) is 5.91 Å². The number of ketones is 2. The zero-order valence-corrected chi connectivity index (χ0v) is 24.2. The lowest BCUT2D eigenvalue weighted by Crippen LogP contribution is -2.50. The third-order valence-electron chi connectivity index (χ3n) is 8.20. The Labute approximate surface area is 240 Å². The normalized spacial score (nSPS) is 19.9. The van der Waals surface area contributed by atoms with E-state index in [2.05, 4.69) is 36.0 Å². The van der Waals surface area contributed by atoms with Gasteiger partial charge in [-0.05, 0) is 84.3 Å². The highest BCUT2D eigenvalue weighted by molar-refractivity contribution is 9.10. The van der Waals surface area contributed by atoms with Gasteiger partial charge in [0.15, 0.2) is 11.6 Å². The molecule has 1 aromatic carbocycles. The van der Waals surface area contributed by atoms with Gasteiger partial charge < -0.3 is 4.90 Å². The van der Waals surface area contributed by atoms with Crippen molar-refractivity contribution in [2.45, 2.75) is 65.1 Å². The molecule has 2 fully saturated rings. The Hall–Kier alpha value is -3.79. The predicted molar refractivity (Wildman–Crippen MR) is 153 cm³/mol. The van der Waals surface area contributed by atoms with Crippen molar-refractivity contribution in [1.82, 2.24) is 29.6 Å². The van der Waals surface area contributed by atoms with Crippen LogP contribution in [0.15, 0.2) is 47.3 Å². The smallest absolute Gasteiger partial charge is 0.245 e. The number of hydrogen-bond donors (Lipinski definition) is 0. The van der Waals surface area contributed by atoms with E-state index in [4.69, 9.17) is 0 Å². The average Bonchev–Trinajstić information content (AvgIpc) is 3.64. The first-order chi connectivity index (χ1) is 19.2. The number of fused-ring (bicyclic) bond motifs is 3. The molecule has 40 heavy (non-hydrogen) atoms. The first kappa shape index (κ1) is 26.4. The number of amides is 1. The van der Waals surface area contributed by atoms with E-state index in [-0.39, 0.29) is 42.4 Å². The Morgan fingerprint density at radius 2 is 1.80 bits per heavy atom. The van der Waals surface area contributed by atoms with Crippen molar-refractivity contribution in [2.24, 2.45) is 5.92 Å². The summed E-state index contributed by atoms with van der Waals surface area (Å²) in [5, 5.41) is 5.23. The van der Waals surface area contributed by atoms with Crippen molar-refractivity contribution in [2.75, 3.05) is 0 Å². The summed E-state index contributed by atoms with van der Waals surface area (Å²) in [5.74, 6) is 0.527. The summed E-state index contributed by atoms with van der Waals surface area (Å²) in [6.07, 6.45) is 6.36. The number of carbonyl (C=O) groups excluding carboxylic acids is 3. The number of aromatic nitrogens is 5. The number of piperidine rings is 1. The zero-order valence-electron chi connectivity index (χ0n) is 22.6. The van der Waals surface area contributed by atoms with E-state index in [1.54, 1.807) is 22.0 Å². The van der Waals surface area contributed by atoms with Crippen LogP contribution >= 0.6 is 15.9 Å². The Balaban J connectivity index is 1.29. The molecule has 10 heteroatoms. The van der Waals surface area contributed by atoms with Crippen LogP contribution in [0, 0.1) is 19.8 Å². The molecule has 4 aromatic rings. The highest BCUT2D eigenvalue weighted by Gasteiger charge is 2.50. The summed E-state index contributed by atoms with van der Waals surface area (Å²) >= 11 is 3.40. The van der Waals surface area contributed by atoms with Crippen LogP contribution in [0.4, 0.5) is 0 Å². The summed E-state index contributed by atoms with van der Waals surface area (Å²) in [6.45, 7) is 5.20. The van der Waals surface area contributed by atoms with E-state index in [9.17, 15) is 14.4 Å². The number of pyridine rings is 1. The van der Waals surface area contributed by atoms with Crippen LogP contribution in [0.5, 0.6) is 0 Å². The molecular formula is C30H29BrN6O3. The fraction of sp³-hybridized carbons (Fsp3) is 0.367. The van der Waals surface area contributed by atoms with Crippen LogP contribution < -0.4 is 0 Å². The maximum absolute atomic E-state index is 13.8. The summed E-state index contributed by atoms with van der Waals surface area (Å²) < 4.78 is 2.28. The molecule has 9 nitrogen and oxygen atoms in total. The largest absolute Gasteiger partial charge is 0.328 e. The second-order valence-corrected chi connectivity index (χ2v) is 11.6. The molecule has 6 rings (SSSR count). The summed E-state index contributed by atoms with van der Waals surface area (Å²) in [5.41, 5.74) is 4.37. The van der Waals surface area contributed by atoms with Gasteiger partial charge in [0.05, 0.1) is 23.7 Å². The van der Waals surface area contributed by atoms with Gasteiger partial charge >= 0.3 is 0 Å². The van der Waals surface area contributed by atoms with Crippen LogP contribution in [0.2, 0.25) is 0 Å². The maximum Gasteiger partial charge on any atom is 0.245 e. The molecule has 2 bridgehead atoms. The Bertz CT molecular complexity index is 1660. The predicted octanol–water partition coefficient (Wildman–Crippen LogP) is 4.66. The summed E-state index contributed by atoms with van der Waals surface area (Å²) in [4.78, 5) is 54.8. The number of aryl methyl sites for hydroxylation is 2. The molecular weight excluding hydrogens is 572 g/mol.